The molecule has 1 aromatic rings. The summed E-state index contributed by atoms with van der Waals surface area (Å²) in [4.78, 5) is 26.3. The summed E-state index contributed by atoms with van der Waals surface area (Å²) in [5.41, 5.74) is 1.19. The Morgan fingerprint density at radius 3 is 1.83 bits per heavy atom. The number of ether oxygens (including phenoxy) is 1. The highest BCUT2D eigenvalue weighted by molar-refractivity contribution is 6.63. The molecule has 1 aliphatic rings. The number of carboxylic acid groups (broad SMARTS) is 1. The van der Waals surface area contributed by atoms with Crippen LogP contribution in [0.4, 0.5) is 10.5 Å². The maximum Gasteiger partial charge on any atom is 0.495 e. The zero-order valence-corrected chi connectivity index (χ0v) is 20.0. The lowest BCUT2D eigenvalue weighted by Gasteiger charge is -2.32. The Balaban J connectivity index is 2.71. The second kappa shape index (κ2) is 7.57. The van der Waals surface area contributed by atoms with E-state index >= 15 is 0 Å². The second-order valence-electron chi connectivity index (χ2n) is 9.95. The van der Waals surface area contributed by atoms with E-state index in [1.54, 1.807) is 41.7 Å². The van der Waals surface area contributed by atoms with Crippen LogP contribution in [-0.2, 0) is 14.0 Å². The highest BCUT2D eigenvalue weighted by Gasteiger charge is 2.53. The Bertz CT molecular complexity index is 869. The van der Waals surface area contributed by atoms with Crippen molar-refractivity contribution in [1.82, 2.24) is 0 Å². The number of aromatic carboxylic acids is 1. The summed E-state index contributed by atoms with van der Waals surface area (Å²) in [5.74, 6) is -1.07. The first kappa shape index (κ1) is 24.2. The van der Waals surface area contributed by atoms with Crippen LogP contribution in [0.2, 0.25) is 0 Å². The van der Waals surface area contributed by atoms with Gasteiger partial charge in [-0.05, 0) is 91.4 Å². The van der Waals surface area contributed by atoms with Crippen molar-refractivity contribution in [2.24, 2.45) is 0 Å². The molecule has 1 aromatic carbocycles. The molecule has 0 aliphatic carbocycles. The lowest BCUT2D eigenvalue weighted by molar-refractivity contribution is 0.00578. The zero-order valence-electron chi connectivity index (χ0n) is 20.0. The van der Waals surface area contributed by atoms with Crippen molar-refractivity contribution < 1.29 is 28.7 Å². The third-order valence-electron chi connectivity index (χ3n) is 5.97. The van der Waals surface area contributed by atoms with Gasteiger partial charge < -0.3 is 19.2 Å². The van der Waals surface area contributed by atoms with Crippen LogP contribution in [0.25, 0.3) is 0 Å². The van der Waals surface area contributed by atoms with E-state index in [4.69, 9.17) is 14.0 Å². The topological polar surface area (TPSA) is 85.3 Å². The van der Waals surface area contributed by atoms with Gasteiger partial charge in [-0.2, -0.15) is 0 Å². The maximum atomic E-state index is 12.8. The molecule has 1 heterocycles. The Kier molecular flexibility index (Phi) is 6.11. The van der Waals surface area contributed by atoms with Crippen molar-refractivity contribution in [2.75, 3.05) is 11.9 Å². The smallest absolute Gasteiger partial charge is 0.478 e. The average Bonchev–Trinajstić information content (AvgIpc) is 2.72. The Labute approximate surface area is 179 Å². The normalized spacial score (nSPS) is 17.8. The van der Waals surface area contributed by atoms with Crippen molar-refractivity contribution in [3.05, 3.63) is 22.3 Å². The number of amides is 1. The summed E-state index contributed by atoms with van der Waals surface area (Å²) >= 11 is 0. The molecule has 0 atom stereocenters. The molecule has 0 saturated carbocycles. The van der Waals surface area contributed by atoms with Crippen LogP contribution in [0.5, 0.6) is 0 Å². The predicted octanol–water partition coefficient (Wildman–Crippen LogP) is 3.98. The van der Waals surface area contributed by atoms with Crippen LogP contribution in [0.1, 0.15) is 75.5 Å². The van der Waals surface area contributed by atoms with Crippen LogP contribution < -0.4 is 10.4 Å². The molecule has 0 spiro atoms. The summed E-state index contributed by atoms with van der Waals surface area (Å²) in [6.07, 6.45) is -0.561. The molecule has 7 nitrogen and oxygen atoms in total. The lowest BCUT2D eigenvalue weighted by atomic mass is 9.70. The van der Waals surface area contributed by atoms with E-state index in [0.29, 0.717) is 22.3 Å². The van der Waals surface area contributed by atoms with Crippen LogP contribution >= 0.6 is 0 Å². The molecule has 0 bridgehead atoms. The number of anilines is 1. The summed E-state index contributed by atoms with van der Waals surface area (Å²) in [6, 6.07) is 0. The summed E-state index contributed by atoms with van der Waals surface area (Å²) < 4.78 is 17.9. The number of rotatable bonds is 3. The first-order valence-corrected chi connectivity index (χ1v) is 10.1. The summed E-state index contributed by atoms with van der Waals surface area (Å²) in [5, 5.41) is 9.92. The SMILES string of the molecule is Cc1c(B2OC(C)(C)C(C)(C)O2)c(C)c(N(C)C(=O)OC(C)(C)C)c(C)c1C(=O)O. The molecule has 1 aliphatic heterocycles. The van der Waals surface area contributed by atoms with Gasteiger partial charge in [0.2, 0.25) is 0 Å². The quantitative estimate of drug-likeness (QED) is 0.746. The van der Waals surface area contributed by atoms with E-state index < -0.39 is 36.0 Å². The molecule has 8 heteroatoms. The highest BCUT2D eigenvalue weighted by Crippen LogP contribution is 2.38. The number of carboxylic acids is 1. The molecule has 2 rings (SSSR count). The second-order valence-corrected chi connectivity index (χ2v) is 9.95. The van der Waals surface area contributed by atoms with Crippen molar-refractivity contribution in [3.63, 3.8) is 0 Å². The van der Waals surface area contributed by atoms with Gasteiger partial charge in [0.15, 0.2) is 0 Å². The monoisotopic (exact) mass is 419 g/mol. The van der Waals surface area contributed by atoms with E-state index in [9.17, 15) is 14.7 Å². The van der Waals surface area contributed by atoms with E-state index in [2.05, 4.69) is 0 Å². The summed E-state index contributed by atoms with van der Waals surface area (Å²) in [6.45, 7) is 18.4. The van der Waals surface area contributed by atoms with Crippen molar-refractivity contribution in [1.29, 1.82) is 0 Å². The van der Waals surface area contributed by atoms with E-state index in [1.807, 2.05) is 34.6 Å². The number of hydrogen-bond acceptors (Lipinski definition) is 5. The van der Waals surface area contributed by atoms with Gasteiger partial charge in [-0.25, -0.2) is 9.59 Å². The van der Waals surface area contributed by atoms with Crippen LogP contribution in [0, 0.1) is 20.8 Å². The Morgan fingerprint density at radius 1 is 0.967 bits per heavy atom. The number of carbonyl (C=O) groups excluding carboxylic acids is 1. The van der Waals surface area contributed by atoms with E-state index in [1.165, 1.54) is 4.90 Å². The standard InChI is InChI=1S/C22H34BNO6/c1-12-15(18(25)26)13(2)17(24(11)19(27)28-20(4,5)6)14(3)16(12)23-29-21(7,8)22(9,10)30-23/h1-11H3,(H,25,26). The molecule has 1 saturated heterocycles. The number of carbonyl (C=O) groups is 2. The van der Waals surface area contributed by atoms with Gasteiger partial charge >= 0.3 is 19.2 Å². The fraction of sp³-hybridized carbons (Fsp3) is 0.636. The minimum absolute atomic E-state index is 0.135. The molecule has 0 aromatic heterocycles. The third-order valence-corrected chi connectivity index (χ3v) is 5.97. The number of hydrogen-bond donors (Lipinski definition) is 1. The van der Waals surface area contributed by atoms with Gasteiger partial charge in [0.25, 0.3) is 0 Å². The van der Waals surface area contributed by atoms with Gasteiger partial charge in [0.1, 0.15) is 5.60 Å². The van der Waals surface area contributed by atoms with E-state index in [-0.39, 0.29) is 5.56 Å². The van der Waals surface area contributed by atoms with Gasteiger partial charge in [0, 0.05) is 7.05 Å². The minimum atomic E-state index is -1.07. The molecular weight excluding hydrogens is 385 g/mol. The van der Waals surface area contributed by atoms with Gasteiger partial charge in [-0.3, -0.25) is 4.90 Å². The maximum absolute atomic E-state index is 12.8. The third kappa shape index (κ3) is 4.21. The van der Waals surface area contributed by atoms with Crippen molar-refractivity contribution in [2.45, 2.75) is 86.0 Å². The van der Waals surface area contributed by atoms with Crippen LogP contribution in [0.3, 0.4) is 0 Å². The molecule has 166 valence electrons. The first-order valence-electron chi connectivity index (χ1n) is 10.1. The molecule has 0 radical (unpaired) electrons. The zero-order chi connectivity index (χ0) is 23.4. The van der Waals surface area contributed by atoms with Gasteiger partial charge in [0.05, 0.1) is 22.5 Å². The molecule has 30 heavy (non-hydrogen) atoms. The Hall–Kier alpha value is -2.06. The van der Waals surface area contributed by atoms with Crippen molar-refractivity contribution >= 4 is 30.3 Å². The molecular formula is C22H34BNO6. The molecule has 0 unspecified atom stereocenters. The number of nitrogens with zero attached hydrogens (tertiary/aromatic N) is 1. The van der Waals surface area contributed by atoms with Gasteiger partial charge in [-0.1, -0.05) is 0 Å². The van der Waals surface area contributed by atoms with Crippen molar-refractivity contribution in [3.8, 4) is 0 Å². The molecule has 1 N–H and O–H groups in total. The average molecular weight is 419 g/mol. The predicted molar refractivity (Wildman–Crippen MR) is 118 cm³/mol. The minimum Gasteiger partial charge on any atom is -0.478 e. The molecule has 1 amide bonds. The van der Waals surface area contributed by atoms with Crippen LogP contribution in [-0.4, -0.2) is 48.1 Å². The lowest BCUT2D eigenvalue weighted by Crippen LogP contribution is -2.42. The fourth-order valence-corrected chi connectivity index (χ4v) is 3.78. The summed E-state index contributed by atoms with van der Waals surface area (Å²) in [7, 11) is 0.831. The first-order chi connectivity index (χ1) is 13.4. The number of benzene rings is 1. The van der Waals surface area contributed by atoms with Crippen LogP contribution in [0.15, 0.2) is 0 Å². The highest BCUT2D eigenvalue weighted by atomic mass is 16.7. The van der Waals surface area contributed by atoms with Gasteiger partial charge in [-0.15, -0.1) is 0 Å². The fourth-order valence-electron chi connectivity index (χ4n) is 3.78. The largest absolute Gasteiger partial charge is 0.495 e. The van der Waals surface area contributed by atoms with E-state index in [0.717, 1.165) is 5.56 Å². The molecule has 1 fully saturated rings. The Morgan fingerprint density at radius 2 is 1.43 bits per heavy atom.